The van der Waals surface area contributed by atoms with Crippen LogP contribution in [0.4, 0.5) is 4.39 Å². The topological polar surface area (TPSA) is 69.9 Å². The first-order valence-electron chi connectivity index (χ1n) is 4.75. The lowest BCUT2D eigenvalue weighted by atomic mass is 10.2. The van der Waals surface area contributed by atoms with Gasteiger partial charge in [0.15, 0.2) is 23.7 Å². The first-order valence-corrected chi connectivity index (χ1v) is 4.75. The SMILES string of the molecule is COc1c(F)cc(-n2nnnc2C)cc1C=O. The van der Waals surface area contributed by atoms with E-state index in [0.29, 0.717) is 17.8 Å². The number of carbonyl (C=O) groups excluding carboxylic acids is 1. The Hall–Kier alpha value is -2.31. The van der Waals surface area contributed by atoms with Crippen molar-refractivity contribution in [2.45, 2.75) is 6.92 Å². The summed E-state index contributed by atoms with van der Waals surface area (Å²) in [4.78, 5) is 10.8. The first-order chi connectivity index (χ1) is 8.17. The zero-order valence-electron chi connectivity index (χ0n) is 9.22. The molecule has 2 rings (SSSR count). The molecule has 88 valence electrons. The third kappa shape index (κ3) is 1.86. The van der Waals surface area contributed by atoms with Gasteiger partial charge in [-0.1, -0.05) is 0 Å². The smallest absolute Gasteiger partial charge is 0.167 e. The molecule has 2 aromatic rings. The summed E-state index contributed by atoms with van der Waals surface area (Å²) < 4.78 is 19.8. The van der Waals surface area contributed by atoms with E-state index in [4.69, 9.17) is 4.74 Å². The van der Waals surface area contributed by atoms with Crippen molar-refractivity contribution in [2.24, 2.45) is 0 Å². The van der Waals surface area contributed by atoms with Gasteiger partial charge in [0.1, 0.15) is 0 Å². The van der Waals surface area contributed by atoms with Crippen LogP contribution in [0.5, 0.6) is 5.75 Å². The number of aldehydes is 1. The Morgan fingerprint density at radius 2 is 2.24 bits per heavy atom. The summed E-state index contributed by atoms with van der Waals surface area (Å²) in [7, 11) is 1.30. The number of halogens is 1. The highest BCUT2D eigenvalue weighted by atomic mass is 19.1. The molecule has 0 atom stereocenters. The highest BCUT2D eigenvalue weighted by molar-refractivity contribution is 5.80. The minimum atomic E-state index is -0.637. The molecule has 0 radical (unpaired) electrons. The predicted molar refractivity (Wildman–Crippen MR) is 55.8 cm³/mol. The van der Waals surface area contributed by atoms with E-state index >= 15 is 0 Å². The van der Waals surface area contributed by atoms with Crippen molar-refractivity contribution < 1.29 is 13.9 Å². The van der Waals surface area contributed by atoms with E-state index in [1.54, 1.807) is 6.92 Å². The van der Waals surface area contributed by atoms with Crippen molar-refractivity contribution in [3.63, 3.8) is 0 Å². The fourth-order valence-electron chi connectivity index (χ4n) is 1.50. The van der Waals surface area contributed by atoms with Crippen LogP contribution in [0.1, 0.15) is 16.2 Å². The van der Waals surface area contributed by atoms with E-state index in [-0.39, 0.29) is 11.3 Å². The quantitative estimate of drug-likeness (QED) is 0.741. The molecule has 0 N–H and O–H groups in total. The summed E-state index contributed by atoms with van der Waals surface area (Å²) in [5.74, 6) is -0.233. The summed E-state index contributed by atoms with van der Waals surface area (Å²) in [5.41, 5.74) is 0.477. The zero-order chi connectivity index (χ0) is 12.4. The number of nitrogens with zero attached hydrogens (tertiary/aromatic N) is 4. The lowest BCUT2D eigenvalue weighted by Crippen LogP contribution is -2.03. The minimum Gasteiger partial charge on any atom is -0.493 e. The van der Waals surface area contributed by atoms with Crippen LogP contribution in [0.25, 0.3) is 5.69 Å². The molecule has 0 amide bonds. The largest absolute Gasteiger partial charge is 0.493 e. The fraction of sp³-hybridized carbons (Fsp3) is 0.200. The zero-order valence-corrected chi connectivity index (χ0v) is 9.22. The van der Waals surface area contributed by atoms with Gasteiger partial charge in [0.05, 0.1) is 18.4 Å². The Bertz CT molecular complexity index is 567. The normalized spacial score (nSPS) is 10.3. The van der Waals surface area contributed by atoms with Crippen LogP contribution in [0.2, 0.25) is 0 Å². The minimum absolute atomic E-state index is 0.0884. The van der Waals surface area contributed by atoms with Gasteiger partial charge in [-0.3, -0.25) is 4.79 Å². The van der Waals surface area contributed by atoms with Gasteiger partial charge in [-0.2, -0.15) is 4.68 Å². The van der Waals surface area contributed by atoms with Crippen LogP contribution in [0.3, 0.4) is 0 Å². The van der Waals surface area contributed by atoms with Crippen molar-refractivity contribution in [3.05, 3.63) is 29.3 Å². The maximum atomic E-state index is 13.7. The molecule has 0 saturated carbocycles. The molecule has 0 bridgehead atoms. The van der Waals surface area contributed by atoms with Gasteiger partial charge in [0, 0.05) is 6.07 Å². The van der Waals surface area contributed by atoms with E-state index < -0.39 is 5.82 Å². The summed E-state index contributed by atoms with van der Waals surface area (Å²) in [5, 5.41) is 10.8. The van der Waals surface area contributed by atoms with Crippen LogP contribution in [0.15, 0.2) is 12.1 Å². The summed E-state index contributed by atoms with van der Waals surface area (Å²) in [6, 6.07) is 2.66. The van der Waals surface area contributed by atoms with Gasteiger partial charge < -0.3 is 4.74 Å². The second kappa shape index (κ2) is 4.28. The molecule has 0 aliphatic carbocycles. The molecular weight excluding hydrogens is 227 g/mol. The second-order valence-electron chi connectivity index (χ2n) is 3.31. The Balaban J connectivity index is 2.62. The molecule has 0 saturated heterocycles. The molecule has 6 nitrogen and oxygen atoms in total. The number of ether oxygens (including phenoxy) is 1. The van der Waals surface area contributed by atoms with E-state index in [0.717, 1.165) is 0 Å². The molecule has 17 heavy (non-hydrogen) atoms. The van der Waals surface area contributed by atoms with Crippen LogP contribution in [0, 0.1) is 12.7 Å². The van der Waals surface area contributed by atoms with E-state index in [2.05, 4.69) is 15.5 Å². The molecule has 0 aliphatic rings. The third-order valence-electron chi connectivity index (χ3n) is 2.26. The lowest BCUT2D eigenvalue weighted by molar-refractivity contribution is 0.111. The number of hydrogen-bond acceptors (Lipinski definition) is 5. The molecule has 0 fully saturated rings. The van der Waals surface area contributed by atoms with Gasteiger partial charge in [-0.15, -0.1) is 5.10 Å². The maximum absolute atomic E-state index is 13.7. The average Bonchev–Trinajstić information content (AvgIpc) is 2.74. The number of benzene rings is 1. The Labute approximate surface area is 96.0 Å². The van der Waals surface area contributed by atoms with Gasteiger partial charge in [0.25, 0.3) is 0 Å². The Morgan fingerprint density at radius 1 is 1.47 bits per heavy atom. The highest BCUT2D eigenvalue weighted by Crippen LogP contribution is 2.24. The molecule has 1 aromatic heterocycles. The second-order valence-corrected chi connectivity index (χ2v) is 3.31. The Morgan fingerprint density at radius 3 is 2.76 bits per heavy atom. The molecule has 0 spiro atoms. The highest BCUT2D eigenvalue weighted by Gasteiger charge is 2.13. The van der Waals surface area contributed by atoms with Gasteiger partial charge in [-0.25, -0.2) is 4.39 Å². The standard InChI is InChI=1S/C10H9FN4O2/c1-6-12-13-14-15(6)8-3-7(5-16)10(17-2)9(11)4-8/h3-5H,1-2H3. The van der Waals surface area contributed by atoms with E-state index in [9.17, 15) is 9.18 Å². The number of tetrazole rings is 1. The first kappa shape index (κ1) is 11.2. The number of methoxy groups -OCH3 is 1. The summed E-state index contributed by atoms with van der Waals surface area (Å²) >= 11 is 0. The van der Waals surface area contributed by atoms with Crippen molar-refractivity contribution >= 4 is 6.29 Å². The van der Waals surface area contributed by atoms with Crippen molar-refractivity contribution in [1.29, 1.82) is 0 Å². The van der Waals surface area contributed by atoms with Crippen LogP contribution >= 0.6 is 0 Å². The van der Waals surface area contributed by atoms with Gasteiger partial charge in [-0.05, 0) is 23.4 Å². The number of aryl methyl sites for hydroxylation is 1. The molecule has 0 unspecified atom stereocenters. The Kier molecular flexibility index (Phi) is 2.82. The maximum Gasteiger partial charge on any atom is 0.167 e. The van der Waals surface area contributed by atoms with Gasteiger partial charge in [0.2, 0.25) is 0 Å². The lowest BCUT2D eigenvalue weighted by Gasteiger charge is -2.08. The summed E-state index contributed by atoms with van der Waals surface area (Å²) in [6.45, 7) is 1.67. The number of hydrogen-bond donors (Lipinski definition) is 0. The van der Waals surface area contributed by atoms with Crippen molar-refractivity contribution in [1.82, 2.24) is 20.2 Å². The predicted octanol–water partition coefficient (Wildman–Crippen LogP) is 0.931. The number of rotatable bonds is 3. The van der Waals surface area contributed by atoms with Crippen molar-refractivity contribution in [3.8, 4) is 11.4 Å². The molecular formula is C10H9FN4O2. The van der Waals surface area contributed by atoms with E-state index in [1.165, 1.54) is 23.9 Å². The monoisotopic (exact) mass is 236 g/mol. The van der Waals surface area contributed by atoms with Gasteiger partial charge >= 0.3 is 0 Å². The molecule has 1 aromatic carbocycles. The van der Waals surface area contributed by atoms with E-state index in [1.807, 2.05) is 0 Å². The third-order valence-corrected chi connectivity index (χ3v) is 2.26. The summed E-state index contributed by atoms with van der Waals surface area (Å²) in [6.07, 6.45) is 0.519. The fourth-order valence-corrected chi connectivity index (χ4v) is 1.50. The molecule has 7 heteroatoms. The van der Waals surface area contributed by atoms with Crippen LogP contribution < -0.4 is 4.74 Å². The van der Waals surface area contributed by atoms with Crippen molar-refractivity contribution in [2.75, 3.05) is 7.11 Å². The van der Waals surface area contributed by atoms with Crippen LogP contribution in [-0.2, 0) is 0 Å². The number of aromatic nitrogens is 4. The average molecular weight is 236 g/mol. The molecule has 0 aliphatic heterocycles. The van der Waals surface area contributed by atoms with Crippen LogP contribution in [-0.4, -0.2) is 33.6 Å². The molecule has 1 heterocycles. The number of carbonyl (C=O) groups is 1.